The van der Waals surface area contributed by atoms with Crippen molar-refractivity contribution in [2.45, 2.75) is 43.9 Å². The lowest BCUT2D eigenvalue weighted by Gasteiger charge is -2.31. The van der Waals surface area contributed by atoms with Crippen molar-refractivity contribution in [2.24, 2.45) is 0 Å². The van der Waals surface area contributed by atoms with Gasteiger partial charge in [-0.2, -0.15) is 13.2 Å². The molecule has 9 heteroatoms. The highest BCUT2D eigenvalue weighted by atomic mass is 19.4. The summed E-state index contributed by atoms with van der Waals surface area (Å²) in [5, 5.41) is 6.88. The minimum Gasteiger partial charge on any atom is -0.465 e. The van der Waals surface area contributed by atoms with Crippen molar-refractivity contribution in [3.05, 3.63) is 71.4 Å². The standard InChI is InChI=1S/C25H24F3N3O3/c1-34-24(33)16-11-9-15(10-12-16)23(32)30-18-6-4-5-17(13-18)29-21-14-22(25(26,27)28)31-20-8-3-2-7-19(20)21/h2-3,7-12,14,17-18H,4-6,13H2,1H3,(H,29,31)(H,30,32)/t17-,18+/m0/s1. The second-order valence-corrected chi connectivity index (χ2v) is 8.32. The van der Waals surface area contributed by atoms with Crippen LogP contribution in [0, 0.1) is 0 Å². The van der Waals surface area contributed by atoms with Crippen LogP contribution in [-0.4, -0.2) is 36.1 Å². The molecule has 1 fully saturated rings. The van der Waals surface area contributed by atoms with E-state index in [1.54, 1.807) is 36.4 Å². The molecule has 178 valence electrons. The highest BCUT2D eigenvalue weighted by Gasteiger charge is 2.34. The van der Waals surface area contributed by atoms with Crippen LogP contribution in [0.5, 0.6) is 0 Å². The third kappa shape index (κ3) is 5.30. The number of carbonyl (C=O) groups excluding carboxylic acids is 2. The number of methoxy groups -OCH3 is 1. The summed E-state index contributed by atoms with van der Waals surface area (Å²) in [7, 11) is 1.29. The fraction of sp³-hybridized carbons (Fsp3) is 0.320. The number of para-hydroxylation sites is 1. The van der Waals surface area contributed by atoms with Gasteiger partial charge in [0, 0.05) is 28.7 Å². The number of hydrogen-bond donors (Lipinski definition) is 2. The number of rotatable bonds is 5. The second-order valence-electron chi connectivity index (χ2n) is 8.32. The van der Waals surface area contributed by atoms with E-state index in [4.69, 9.17) is 0 Å². The smallest absolute Gasteiger partial charge is 0.433 e. The summed E-state index contributed by atoms with van der Waals surface area (Å²) < 4.78 is 44.8. The summed E-state index contributed by atoms with van der Waals surface area (Å²) in [6, 6.07) is 13.7. The quantitative estimate of drug-likeness (QED) is 0.501. The first-order valence-corrected chi connectivity index (χ1v) is 11.0. The number of amides is 1. The maximum Gasteiger partial charge on any atom is 0.433 e. The van der Waals surface area contributed by atoms with Gasteiger partial charge in [0.1, 0.15) is 5.69 Å². The number of esters is 1. The molecule has 1 aliphatic rings. The van der Waals surface area contributed by atoms with Crippen molar-refractivity contribution in [1.29, 1.82) is 0 Å². The third-order valence-electron chi connectivity index (χ3n) is 5.94. The molecule has 3 aromatic rings. The molecule has 0 radical (unpaired) electrons. The molecule has 0 spiro atoms. The largest absolute Gasteiger partial charge is 0.465 e. The van der Waals surface area contributed by atoms with Gasteiger partial charge in [0.2, 0.25) is 0 Å². The molecule has 2 aromatic carbocycles. The van der Waals surface area contributed by atoms with Crippen LogP contribution in [0.4, 0.5) is 18.9 Å². The fourth-order valence-electron chi connectivity index (χ4n) is 4.26. The molecular formula is C25H24F3N3O3. The first kappa shape index (κ1) is 23.5. The molecule has 1 heterocycles. The van der Waals surface area contributed by atoms with E-state index in [1.165, 1.54) is 19.2 Å². The lowest BCUT2D eigenvalue weighted by molar-refractivity contribution is -0.140. The van der Waals surface area contributed by atoms with Gasteiger partial charge in [-0.3, -0.25) is 4.79 Å². The Labute approximate surface area is 194 Å². The molecule has 2 N–H and O–H groups in total. The first-order valence-electron chi connectivity index (χ1n) is 11.0. The highest BCUT2D eigenvalue weighted by molar-refractivity contribution is 5.96. The van der Waals surface area contributed by atoms with Gasteiger partial charge in [0.05, 0.1) is 18.2 Å². The Morgan fingerprint density at radius 3 is 2.38 bits per heavy atom. The fourth-order valence-corrected chi connectivity index (χ4v) is 4.26. The predicted octanol–water partition coefficient (Wildman–Crippen LogP) is 5.19. The maximum absolute atomic E-state index is 13.4. The number of alkyl halides is 3. The third-order valence-corrected chi connectivity index (χ3v) is 5.94. The molecule has 34 heavy (non-hydrogen) atoms. The minimum atomic E-state index is -4.55. The Hall–Kier alpha value is -3.62. The van der Waals surface area contributed by atoms with E-state index in [0.717, 1.165) is 25.3 Å². The molecular weight excluding hydrogens is 447 g/mol. The van der Waals surface area contributed by atoms with Crippen LogP contribution in [0.1, 0.15) is 52.1 Å². The summed E-state index contributed by atoms with van der Waals surface area (Å²) in [4.78, 5) is 28.0. The molecule has 0 bridgehead atoms. The molecule has 2 atom stereocenters. The van der Waals surface area contributed by atoms with Gasteiger partial charge in [0.25, 0.3) is 5.91 Å². The van der Waals surface area contributed by atoms with Crippen molar-refractivity contribution in [1.82, 2.24) is 10.3 Å². The molecule has 1 amide bonds. The van der Waals surface area contributed by atoms with Crippen LogP contribution in [0.15, 0.2) is 54.6 Å². The van der Waals surface area contributed by atoms with Crippen LogP contribution < -0.4 is 10.6 Å². The molecule has 0 aliphatic heterocycles. The van der Waals surface area contributed by atoms with Gasteiger partial charge < -0.3 is 15.4 Å². The first-order chi connectivity index (χ1) is 16.2. The number of hydrogen-bond acceptors (Lipinski definition) is 5. The number of fused-ring (bicyclic) bond motifs is 1. The van der Waals surface area contributed by atoms with Gasteiger partial charge in [-0.05, 0) is 62.1 Å². The van der Waals surface area contributed by atoms with Crippen LogP contribution >= 0.6 is 0 Å². The van der Waals surface area contributed by atoms with Crippen molar-refractivity contribution < 1.29 is 27.5 Å². The zero-order chi connectivity index (χ0) is 24.3. The molecule has 0 saturated heterocycles. The summed E-state index contributed by atoms with van der Waals surface area (Å²) in [5.41, 5.74) is 0.482. The van der Waals surface area contributed by atoms with Crippen LogP contribution in [0.2, 0.25) is 0 Å². The maximum atomic E-state index is 13.4. The zero-order valence-electron chi connectivity index (χ0n) is 18.5. The van der Waals surface area contributed by atoms with E-state index in [0.29, 0.717) is 28.6 Å². The van der Waals surface area contributed by atoms with Crippen LogP contribution in [0.25, 0.3) is 10.9 Å². The number of anilines is 1. The highest BCUT2D eigenvalue weighted by Crippen LogP contribution is 2.34. The molecule has 1 aliphatic carbocycles. The predicted molar refractivity (Wildman–Crippen MR) is 122 cm³/mol. The summed E-state index contributed by atoms with van der Waals surface area (Å²) in [5.74, 6) is -0.749. The Balaban J connectivity index is 1.46. The normalized spacial score (nSPS) is 18.4. The number of nitrogens with zero attached hydrogens (tertiary/aromatic N) is 1. The number of ether oxygens (including phenoxy) is 1. The molecule has 4 rings (SSSR count). The second kappa shape index (κ2) is 9.70. The lowest BCUT2D eigenvalue weighted by Crippen LogP contribution is -2.41. The Bertz CT molecular complexity index is 1200. The van der Waals surface area contributed by atoms with Crippen molar-refractivity contribution in [2.75, 3.05) is 12.4 Å². The summed E-state index contributed by atoms with van der Waals surface area (Å²) >= 11 is 0. The molecule has 6 nitrogen and oxygen atoms in total. The number of pyridine rings is 1. The average Bonchev–Trinajstić information content (AvgIpc) is 2.83. The SMILES string of the molecule is COC(=O)c1ccc(C(=O)N[C@@H]2CCC[C@H](Nc3cc(C(F)(F)F)nc4ccccc34)C2)cc1. The Morgan fingerprint density at radius 1 is 1.00 bits per heavy atom. The summed E-state index contributed by atoms with van der Waals surface area (Å²) in [6.45, 7) is 0. The Kier molecular flexibility index (Phi) is 6.72. The van der Waals surface area contributed by atoms with Crippen molar-refractivity contribution in [3.63, 3.8) is 0 Å². The van der Waals surface area contributed by atoms with E-state index >= 15 is 0 Å². The number of halogens is 3. The Morgan fingerprint density at radius 2 is 1.68 bits per heavy atom. The van der Waals surface area contributed by atoms with Gasteiger partial charge in [0.15, 0.2) is 0 Å². The van der Waals surface area contributed by atoms with Crippen molar-refractivity contribution in [3.8, 4) is 0 Å². The molecule has 0 unspecified atom stereocenters. The van der Waals surface area contributed by atoms with Crippen molar-refractivity contribution >= 4 is 28.5 Å². The number of nitrogens with one attached hydrogen (secondary N) is 2. The van der Waals surface area contributed by atoms with E-state index in [1.807, 2.05) is 0 Å². The van der Waals surface area contributed by atoms with E-state index < -0.39 is 17.8 Å². The number of aromatic nitrogens is 1. The zero-order valence-corrected chi connectivity index (χ0v) is 18.5. The van der Waals surface area contributed by atoms with E-state index in [2.05, 4.69) is 20.4 Å². The van der Waals surface area contributed by atoms with Gasteiger partial charge in [-0.1, -0.05) is 18.2 Å². The lowest BCUT2D eigenvalue weighted by atomic mass is 9.90. The van der Waals surface area contributed by atoms with Gasteiger partial charge in [-0.15, -0.1) is 0 Å². The number of carbonyl (C=O) groups is 2. The molecule has 1 saturated carbocycles. The average molecular weight is 471 g/mol. The minimum absolute atomic E-state index is 0.104. The topological polar surface area (TPSA) is 80.3 Å². The van der Waals surface area contributed by atoms with Gasteiger partial charge in [-0.25, -0.2) is 9.78 Å². The molecule has 1 aromatic heterocycles. The van der Waals surface area contributed by atoms with Crippen LogP contribution in [0.3, 0.4) is 0 Å². The number of benzene rings is 2. The van der Waals surface area contributed by atoms with E-state index in [-0.39, 0.29) is 23.5 Å². The van der Waals surface area contributed by atoms with E-state index in [9.17, 15) is 22.8 Å². The monoisotopic (exact) mass is 471 g/mol. The van der Waals surface area contributed by atoms with Gasteiger partial charge >= 0.3 is 12.1 Å². The van der Waals surface area contributed by atoms with Crippen LogP contribution in [-0.2, 0) is 10.9 Å². The summed E-state index contributed by atoms with van der Waals surface area (Å²) in [6.07, 6.45) is -1.61.